The zero-order chi connectivity index (χ0) is 13.7. The maximum Gasteiger partial charge on any atom is 0.129 e. The minimum absolute atomic E-state index is 0.655. The molecule has 0 aromatic carbocycles. The summed E-state index contributed by atoms with van der Waals surface area (Å²) < 4.78 is 6.11. The van der Waals surface area contributed by atoms with E-state index in [1.165, 1.54) is 0 Å². The number of nitrogens with zero attached hydrogens (tertiary/aromatic N) is 3. The number of allylic oxidation sites excluding steroid dienone is 1. The Kier molecular flexibility index (Phi) is 4.93. The lowest BCUT2D eigenvalue weighted by Crippen LogP contribution is -2.36. The molecule has 2 N–H and O–H groups in total. The van der Waals surface area contributed by atoms with Crippen molar-refractivity contribution in [2.75, 3.05) is 38.3 Å². The quantitative estimate of drug-likeness (QED) is 0.858. The second-order valence-electron chi connectivity index (χ2n) is 4.15. The maximum absolute atomic E-state index is 6.09. The average molecular weight is 325 g/mol. The molecule has 1 aromatic heterocycles. The van der Waals surface area contributed by atoms with Crippen LogP contribution in [-0.4, -0.2) is 44.5 Å². The van der Waals surface area contributed by atoms with Crippen molar-refractivity contribution in [3.05, 3.63) is 28.4 Å². The van der Waals surface area contributed by atoms with Gasteiger partial charge in [0.1, 0.15) is 5.82 Å². The Morgan fingerprint density at radius 2 is 2.26 bits per heavy atom. The number of nitrogens with two attached hydrogens (primary N) is 1. The number of halogens is 1. The zero-order valence-corrected chi connectivity index (χ0v) is 12.4. The van der Waals surface area contributed by atoms with Gasteiger partial charge in [-0.1, -0.05) is 0 Å². The van der Waals surface area contributed by atoms with E-state index in [2.05, 4.69) is 30.8 Å². The van der Waals surface area contributed by atoms with E-state index in [0.29, 0.717) is 5.70 Å². The van der Waals surface area contributed by atoms with Crippen molar-refractivity contribution in [3.63, 3.8) is 0 Å². The van der Waals surface area contributed by atoms with Crippen molar-refractivity contribution >= 4 is 33.7 Å². The molecule has 6 heteroatoms. The second-order valence-corrected chi connectivity index (χ2v) is 5.01. The Morgan fingerprint density at radius 1 is 1.53 bits per heavy atom. The molecule has 0 atom stereocenters. The van der Waals surface area contributed by atoms with Gasteiger partial charge in [0.25, 0.3) is 0 Å². The number of hydrogen-bond donors (Lipinski definition) is 1. The lowest BCUT2D eigenvalue weighted by molar-refractivity contribution is 0.122. The summed E-state index contributed by atoms with van der Waals surface area (Å²) in [6.45, 7) is 3.20. The minimum Gasteiger partial charge on any atom is -0.397 e. The van der Waals surface area contributed by atoms with Crippen LogP contribution in [0.4, 0.5) is 5.82 Å². The fraction of sp³-hybridized carbons (Fsp3) is 0.385. The summed E-state index contributed by atoms with van der Waals surface area (Å²) in [7, 11) is 1.71. The van der Waals surface area contributed by atoms with Gasteiger partial charge in [-0.05, 0) is 28.1 Å². The molecular formula is C13H17BrN4O. The summed E-state index contributed by atoms with van der Waals surface area (Å²) in [5.74, 6) is 0.928. The molecular weight excluding hydrogens is 308 g/mol. The molecule has 1 aliphatic rings. The van der Waals surface area contributed by atoms with E-state index in [-0.39, 0.29) is 0 Å². The van der Waals surface area contributed by atoms with Crippen LogP contribution in [-0.2, 0) is 4.74 Å². The molecule has 0 radical (unpaired) electrons. The zero-order valence-electron chi connectivity index (χ0n) is 10.8. The first kappa shape index (κ1) is 14.0. The van der Waals surface area contributed by atoms with Crippen LogP contribution in [0.15, 0.2) is 27.8 Å². The highest BCUT2D eigenvalue weighted by atomic mass is 79.9. The molecule has 0 unspecified atom stereocenters. The standard InChI is InChI=1S/C13H17BrN4O/c1-16-9-11(14)13(15)10-2-3-17-12(8-10)18-4-6-19-7-5-18/h2-3,8-9H,4-7,15H2,1H3. The van der Waals surface area contributed by atoms with E-state index in [1.54, 1.807) is 19.5 Å². The summed E-state index contributed by atoms with van der Waals surface area (Å²) in [6, 6.07) is 3.88. The Labute approximate surface area is 121 Å². The lowest BCUT2D eigenvalue weighted by Gasteiger charge is -2.28. The number of aliphatic imine (C=N–C) groups is 1. The van der Waals surface area contributed by atoms with Crippen molar-refractivity contribution in [1.29, 1.82) is 0 Å². The van der Waals surface area contributed by atoms with Crippen LogP contribution in [0.1, 0.15) is 5.56 Å². The third kappa shape index (κ3) is 3.54. The number of hydrogen-bond acceptors (Lipinski definition) is 5. The van der Waals surface area contributed by atoms with Crippen LogP contribution in [0.3, 0.4) is 0 Å². The molecule has 2 rings (SSSR count). The van der Waals surface area contributed by atoms with Crippen molar-refractivity contribution in [2.24, 2.45) is 10.7 Å². The van der Waals surface area contributed by atoms with Gasteiger partial charge in [-0.2, -0.15) is 0 Å². The van der Waals surface area contributed by atoms with Crippen LogP contribution >= 0.6 is 15.9 Å². The Balaban J connectivity index is 2.26. The van der Waals surface area contributed by atoms with E-state index in [1.807, 2.05) is 12.1 Å². The van der Waals surface area contributed by atoms with Crippen molar-refractivity contribution in [2.45, 2.75) is 0 Å². The van der Waals surface area contributed by atoms with Gasteiger partial charge in [0.05, 0.1) is 23.4 Å². The predicted octanol–water partition coefficient (Wildman–Crippen LogP) is 1.64. The van der Waals surface area contributed by atoms with Gasteiger partial charge in [0.15, 0.2) is 0 Å². The summed E-state index contributed by atoms with van der Waals surface area (Å²) in [5.41, 5.74) is 7.68. The van der Waals surface area contributed by atoms with Crippen molar-refractivity contribution in [1.82, 2.24) is 4.98 Å². The lowest BCUT2D eigenvalue weighted by atomic mass is 10.2. The van der Waals surface area contributed by atoms with Crippen LogP contribution in [0.2, 0.25) is 0 Å². The Hall–Kier alpha value is -1.40. The second kappa shape index (κ2) is 6.68. The van der Waals surface area contributed by atoms with Gasteiger partial charge in [-0.25, -0.2) is 4.98 Å². The molecule has 0 aliphatic carbocycles. The van der Waals surface area contributed by atoms with Crippen LogP contribution in [0.5, 0.6) is 0 Å². The Bertz CT molecular complexity index is 495. The number of morpholine rings is 1. The van der Waals surface area contributed by atoms with E-state index in [4.69, 9.17) is 10.5 Å². The van der Waals surface area contributed by atoms with Gasteiger partial charge < -0.3 is 15.4 Å². The summed E-state index contributed by atoms with van der Waals surface area (Å²) in [6.07, 6.45) is 3.46. The van der Waals surface area contributed by atoms with E-state index >= 15 is 0 Å². The average Bonchev–Trinajstić information content (AvgIpc) is 2.48. The molecule has 0 saturated carbocycles. The fourth-order valence-electron chi connectivity index (χ4n) is 1.87. The Morgan fingerprint density at radius 3 is 2.95 bits per heavy atom. The minimum atomic E-state index is 0.655. The topological polar surface area (TPSA) is 63.7 Å². The van der Waals surface area contributed by atoms with E-state index < -0.39 is 0 Å². The van der Waals surface area contributed by atoms with E-state index in [9.17, 15) is 0 Å². The summed E-state index contributed by atoms with van der Waals surface area (Å²) >= 11 is 3.41. The number of rotatable bonds is 3. The molecule has 0 spiro atoms. The predicted molar refractivity (Wildman–Crippen MR) is 81.7 cm³/mol. The number of anilines is 1. The molecule has 1 saturated heterocycles. The first-order chi connectivity index (χ1) is 9.22. The smallest absolute Gasteiger partial charge is 0.129 e. The van der Waals surface area contributed by atoms with E-state index in [0.717, 1.165) is 42.2 Å². The highest BCUT2D eigenvalue weighted by molar-refractivity contribution is 9.12. The maximum atomic E-state index is 6.09. The highest BCUT2D eigenvalue weighted by Gasteiger charge is 2.13. The third-order valence-corrected chi connectivity index (χ3v) is 3.52. The molecule has 19 heavy (non-hydrogen) atoms. The fourth-order valence-corrected chi connectivity index (χ4v) is 2.31. The largest absolute Gasteiger partial charge is 0.397 e. The molecule has 2 heterocycles. The van der Waals surface area contributed by atoms with Gasteiger partial charge in [-0.15, -0.1) is 0 Å². The number of ether oxygens (including phenoxy) is 1. The molecule has 0 bridgehead atoms. The molecule has 1 aliphatic heterocycles. The van der Waals surface area contributed by atoms with Crippen LogP contribution < -0.4 is 10.6 Å². The van der Waals surface area contributed by atoms with Gasteiger partial charge in [-0.3, -0.25) is 4.99 Å². The molecule has 1 fully saturated rings. The summed E-state index contributed by atoms with van der Waals surface area (Å²) in [4.78, 5) is 10.5. The third-order valence-electron chi connectivity index (χ3n) is 2.89. The first-order valence-electron chi connectivity index (χ1n) is 6.09. The summed E-state index contributed by atoms with van der Waals surface area (Å²) in [5, 5.41) is 0. The SMILES string of the molecule is CN=CC(Br)=C(N)c1ccnc(N2CCOCC2)c1. The molecule has 102 valence electrons. The van der Waals surface area contributed by atoms with Crippen molar-refractivity contribution < 1.29 is 4.74 Å². The molecule has 1 aromatic rings. The van der Waals surface area contributed by atoms with Crippen molar-refractivity contribution in [3.8, 4) is 0 Å². The monoisotopic (exact) mass is 324 g/mol. The first-order valence-corrected chi connectivity index (χ1v) is 6.88. The highest BCUT2D eigenvalue weighted by Crippen LogP contribution is 2.21. The molecule has 0 amide bonds. The number of pyridine rings is 1. The number of aromatic nitrogens is 1. The van der Waals surface area contributed by atoms with Gasteiger partial charge >= 0.3 is 0 Å². The van der Waals surface area contributed by atoms with Crippen LogP contribution in [0, 0.1) is 0 Å². The van der Waals surface area contributed by atoms with Gasteiger partial charge in [0, 0.05) is 38.1 Å². The normalized spacial score (nSPS) is 17.7. The molecule has 5 nitrogen and oxygen atoms in total. The van der Waals surface area contributed by atoms with Gasteiger partial charge in [0.2, 0.25) is 0 Å². The van der Waals surface area contributed by atoms with Crippen LogP contribution in [0.25, 0.3) is 5.70 Å².